The van der Waals surface area contributed by atoms with Crippen molar-refractivity contribution in [2.75, 3.05) is 13.2 Å². The fraction of sp³-hybridized carbons (Fsp3) is 0.889. The summed E-state index contributed by atoms with van der Waals surface area (Å²) in [5, 5.41) is 3.01. The molecular formula is C9H20N2O2. The first-order chi connectivity index (χ1) is 5.92. The molecule has 0 rings (SSSR count). The summed E-state index contributed by atoms with van der Waals surface area (Å²) in [5.41, 5.74) is 4.51. The molecule has 3 N–H and O–H groups in total. The van der Waals surface area contributed by atoms with Gasteiger partial charge < -0.3 is 15.8 Å². The Kier molecular flexibility index (Phi) is 4.95. The number of hydrogen-bond acceptors (Lipinski definition) is 3. The maximum absolute atomic E-state index is 11.1. The Morgan fingerprint density at radius 3 is 2.46 bits per heavy atom. The summed E-state index contributed by atoms with van der Waals surface area (Å²) < 4.78 is 5.36. The van der Waals surface area contributed by atoms with Gasteiger partial charge in [0.05, 0.1) is 12.7 Å². The Bertz CT molecular complexity index is 171. The number of likely N-dealkylation sites (N-methyl/N-ethyl adjacent to an activating group) is 1. The van der Waals surface area contributed by atoms with Crippen molar-refractivity contribution in [1.29, 1.82) is 0 Å². The number of primary amides is 1. The van der Waals surface area contributed by atoms with E-state index in [1.165, 1.54) is 0 Å². The Balaban J connectivity index is 4.16. The number of carbonyl (C=O) groups is 1. The second-order valence-electron chi connectivity index (χ2n) is 3.59. The van der Waals surface area contributed by atoms with E-state index in [1.54, 1.807) is 6.92 Å². The van der Waals surface area contributed by atoms with Crippen molar-refractivity contribution >= 4 is 5.91 Å². The number of nitrogens with one attached hydrogen (secondary N) is 1. The Hall–Kier alpha value is -0.610. The van der Waals surface area contributed by atoms with Crippen LogP contribution < -0.4 is 11.1 Å². The molecule has 0 aromatic carbocycles. The molecule has 0 fully saturated rings. The molecule has 0 aliphatic carbocycles. The van der Waals surface area contributed by atoms with E-state index in [0.717, 1.165) is 0 Å². The molecule has 0 aliphatic rings. The van der Waals surface area contributed by atoms with E-state index in [9.17, 15) is 4.79 Å². The summed E-state index contributed by atoms with van der Waals surface area (Å²) in [4.78, 5) is 11.1. The van der Waals surface area contributed by atoms with Crippen molar-refractivity contribution in [1.82, 2.24) is 5.32 Å². The number of hydrogen-bond donors (Lipinski definition) is 2. The quantitative estimate of drug-likeness (QED) is 0.628. The molecule has 1 amide bonds. The van der Waals surface area contributed by atoms with Crippen LogP contribution >= 0.6 is 0 Å². The van der Waals surface area contributed by atoms with E-state index >= 15 is 0 Å². The number of nitrogens with two attached hydrogens (primary N) is 1. The van der Waals surface area contributed by atoms with E-state index in [0.29, 0.717) is 13.2 Å². The Labute approximate surface area is 79.8 Å². The van der Waals surface area contributed by atoms with Gasteiger partial charge in [-0.05, 0) is 27.3 Å². The lowest BCUT2D eigenvalue weighted by Crippen LogP contribution is -2.56. The first-order valence-corrected chi connectivity index (χ1v) is 4.59. The van der Waals surface area contributed by atoms with Gasteiger partial charge in [-0.15, -0.1) is 0 Å². The minimum Gasteiger partial charge on any atom is -0.376 e. The van der Waals surface area contributed by atoms with Crippen molar-refractivity contribution < 1.29 is 9.53 Å². The van der Waals surface area contributed by atoms with Crippen LogP contribution in [0.4, 0.5) is 0 Å². The Morgan fingerprint density at radius 1 is 1.62 bits per heavy atom. The predicted octanol–water partition coefficient (Wildman–Crippen LogP) is 0.265. The van der Waals surface area contributed by atoms with Crippen LogP contribution in [-0.4, -0.2) is 30.7 Å². The summed E-state index contributed by atoms with van der Waals surface area (Å²) >= 11 is 0. The van der Waals surface area contributed by atoms with E-state index in [2.05, 4.69) is 5.32 Å². The van der Waals surface area contributed by atoms with Gasteiger partial charge in [-0.3, -0.25) is 4.79 Å². The largest absolute Gasteiger partial charge is 0.376 e. The normalized spacial score (nSPS) is 15.8. The minimum atomic E-state index is -0.751. The first-order valence-electron chi connectivity index (χ1n) is 4.59. The average Bonchev–Trinajstić information content (AvgIpc) is 2.01. The molecular weight excluding hydrogens is 168 g/mol. The van der Waals surface area contributed by atoms with Crippen LogP contribution in [0.3, 0.4) is 0 Å². The van der Waals surface area contributed by atoms with E-state index in [-0.39, 0.29) is 12.0 Å². The first kappa shape index (κ1) is 12.4. The van der Waals surface area contributed by atoms with Crippen LogP contribution in [0.1, 0.15) is 27.7 Å². The van der Waals surface area contributed by atoms with Gasteiger partial charge in [0.1, 0.15) is 5.54 Å². The lowest BCUT2D eigenvalue weighted by atomic mass is 10.0. The maximum atomic E-state index is 11.1. The van der Waals surface area contributed by atoms with Gasteiger partial charge in [0.15, 0.2) is 0 Å². The predicted molar refractivity (Wildman–Crippen MR) is 52.4 cm³/mol. The standard InChI is InChI=1S/C9H20N2O2/c1-5-11-9(4,8(10)12)6-13-7(2)3/h7,11H,5-6H2,1-4H3,(H2,10,12). The van der Waals surface area contributed by atoms with Crippen LogP contribution in [0.25, 0.3) is 0 Å². The Morgan fingerprint density at radius 2 is 2.15 bits per heavy atom. The summed E-state index contributed by atoms with van der Waals surface area (Å²) in [6.07, 6.45) is 0.109. The lowest BCUT2D eigenvalue weighted by molar-refractivity contribution is -0.127. The number of amides is 1. The van der Waals surface area contributed by atoms with Crippen LogP contribution in [0.2, 0.25) is 0 Å². The van der Waals surface area contributed by atoms with Crippen LogP contribution in [0.15, 0.2) is 0 Å². The fourth-order valence-corrected chi connectivity index (χ4v) is 0.933. The molecule has 0 saturated carbocycles. The molecule has 0 aromatic heterocycles. The summed E-state index contributed by atoms with van der Waals surface area (Å²) in [5.74, 6) is -0.380. The van der Waals surface area contributed by atoms with E-state index in [1.807, 2.05) is 20.8 Å². The zero-order valence-corrected chi connectivity index (χ0v) is 8.89. The molecule has 0 aromatic rings. The van der Waals surface area contributed by atoms with E-state index in [4.69, 9.17) is 10.5 Å². The molecule has 0 aliphatic heterocycles. The smallest absolute Gasteiger partial charge is 0.239 e. The molecule has 4 nitrogen and oxygen atoms in total. The lowest BCUT2D eigenvalue weighted by Gasteiger charge is -2.27. The third-order valence-electron chi connectivity index (χ3n) is 1.82. The van der Waals surface area contributed by atoms with Crippen molar-refractivity contribution in [3.8, 4) is 0 Å². The molecule has 13 heavy (non-hydrogen) atoms. The molecule has 0 saturated heterocycles. The molecule has 0 spiro atoms. The van der Waals surface area contributed by atoms with Crippen LogP contribution in [0, 0.1) is 0 Å². The third kappa shape index (κ3) is 4.24. The topological polar surface area (TPSA) is 64.3 Å². The fourth-order valence-electron chi connectivity index (χ4n) is 0.933. The molecule has 1 atom stereocenters. The van der Waals surface area contributed by atoms with E-state index < -0.39 is 5.54 Å². The van der Waals surface area contributed by atoms with Crippen LogP contribution in [0.5, 0.6) is 0 Å². The highest BCUT2D eigenvalue weighted by Gasteiger charge is 2.30. The zero-order chi connectivity index (χ0) is 10.5. The van der Waals surface area contributed by atoms with Crippen LogP contribution in [-0.2, 0) is 9.53 Å². The molecule has 1 unspecified atom stereocenters. The van der Waals surface area contributed by atoms with Crippen molar-refractivity contribution in [2.24, 2.45) is 5.73 Å². The highest BCUT2D eigenvalue weighted by molar-refractivity contribution is 5.84. The highest BCUT2D eigenvalue weighted by atomic mass is 16.5. The van der Waals surface area contributed by atoms with Gasteiger partial charge in [0.25, 0.3) is 0 Å². The van der Waals surface area contributed by atoms with Crippen molar-refractivity contribution in [3.05, 3.63) is 0 Å². The number of rotatable bonds is 6. The molecule has 0 heterocycles. The monoisotopic (exact) mass is 188 g/mol. The molecule has 0 bridgehead atoms. The number of carbonyl (C=O) groups excluding carboxylic acids is 1. The molecule has 0 radical (unpaired) electrons. The zero-order valence-electron chi connectivity index (χ0n) is 8.89. The van der Waals surface area contributed by atoms with Gasteiger partial charge in [-0.1, -0.05) is 6.92 Å². The molecule has 4 heteroatoms. The van der Waals surface area contributed by atoms with Crippen molar-refractivity contribution in [3.63, 3.8) is 0 Å². The third-order valence-corrected chi connectivity index (χ3v) is 1.82. The SMILES string of the molecule is CCNC(C)(COC(C)C)C(N)=O. The van der Waals surface area contributed by atoms with Gasteiger partial charge in [0.2, 0.25) is 5.91 Å². The number of ether oxygens (including phenoxy) is 1. The van der Waals surface area contributed by atoms with Gasteiger partial charge >= 0.3 is 0 Å². The second-order valence-corrected chi connectivity index (χ2v) is 3.59. The van der Waals surface area contributed by atoms with Gasteiger partial charge in [0, 0.05) is 0 Å². The summed E-state index contributed by atoms with van der Waals surface area (Å²) in [6, 6.07) is 0. The minimum absolute atomic E-state index is 0.109. The van der Waals surface area contributed by atoms with Crippen molar-refractivity contribution in [2.45, 2.75) is 39.3 Å². The van der Waals surface area contributed by atoms with Gasteiger partial charge in [-0.25, -0.2) is 0 Å². The highest BCUT2D eigenvalue weighted by Crippen LogP contribution is 2.05. The second kappa shape index (κ2) is 5.19. The average molecular weight is 188 g/mol. The molecule has 78 valence electrons. The summed E-state index contributed by atoms with van der Waals surface area (Å²) in [6.45, 7) is 8.53. The maximum Gasteiger partial charge on any atom is 0.239 e. The summed E-state index contributed by atoms with van der Waals surface area (Å²) in [7, 11) is 0. The van der Waals surface area contributed by atoms with Gasteiger partial charge in [-0.2, -0.15) is 0 Å².